The minimum absolute atomic E-state index is 0.308. The van der Waals surface area contributed by atoms with Crippen LogP contribution in [0, 0.1) is 0 Å². The van der Waals surface area contributed by atoms with Crippen molar-refractivity contribution in [2.24, 2.45) is 0 Å². The van der Waals surface area contributed by atoms with Crippen molar-refractivity contribution in [1.82, 2.24) is 10.2 Å². The molecule has 0 bridgehead atoms. The van der Waals surface area contributed by atoms with E-state index in [1.807, 2.05) is 5.10 Å². The second kappa shape index (κ2) is 2.54. The fourth-order valence-corrected chi connectivity index (χ4v) is 0.678. The predicted molar refractivity (Wildman–Crippen MR) is 29.5 cm³/mol. The van der Waals surface area contributed by atoms with Crippen molar-refractivity contribution in [3.05, 3.63) is 17.5 Å². The highest BCUT2D eigenvalue weighted by atomic mass is 19.4. The van der Waals surface area contributed by atoms with Gasteiger partial charge in [0, 0.05) is 0 Å². The topological polar surface area (TPSA) is 48.9 Å². The average molecular weight is 166 g/mol. The monoisotopic (exact) mass is 166 g/mol. The molecule has 0 unspecified atom stereocenters. The van der Waals surface area contributed by atoms with Gasteiger partial charge in [-0.15, -0.1) is 0 Å². The predicted octanol–water partition coefficient (Wildman–Crippen LogP) is 0.921. The average Bonchev–Trinajstić information content (AvgIpc) is 2.31. The Bertz CT molecular complexity index is 242. The number of rotatable bonds is 1. The number of aliphatic hydroxyl groups is 1. The van der Waals surface area contributed by atoms with Crippen molar-refractivity contribution < 1.29 is 18.3 Å². The summed E-state index contributed by atoms with van der Waals surface area (Å²) in [6.45, 7) is -0.686. The van der Waals surface area contributed by atoms with Crippen molar-refractivity contribution in [2.75, 3.05) is 0 Å². The Kier molecular flexibility index (Phi) is 1.86. The van der Waals surface area contributed by atoms with Gasteiger partial charge in [0.05, 0.1) is 24.1 Å². The molecule has 0 fully saturated rings. The Morgan fingerprint density at radius 2 is 2.18 bits per heavy atom. The van der Waals surface area contributed by atoms with Gasteiger partial charge in [0.15, 0.2) is 0 Å². The third kappa shape index (κ3) is 1.51. The van der Waals surface area contributed by atoms with Crippen LogP contribution in [0.4, 0.5) is 13.2 Å². The molecule has 0 amide bonds. The summed E-state index contributed by atoms with van der Waals surface area (Å²) in [6.07, 6.45) is -3.80. The van der Waals surface area contributed by atoms with Crippen molar-refractivity contribution >= 4 is 0 Å². The minimum atomic E-state index is -4.44. The van der Waals surface area contributed by atoms with Gasteiger partial charge in [0.1, 0.15) is 0 Å². The molecule has 0 spiro atoms. The lowest BCUT2D eigenvalue weighted by atomic mass is 10.2. The summed E-state index contributed by atoms with van der Waals surface area (Å²) in [5, 5.41) is 13.6. The number of halogens is 3. The lowest BCUT2D eigenvalue weighted by molar-refractivity contribution is -0.138. The summed E-state index contributed by atoms with van der Waals surface area (Å²) in [5.41, 5.74) is -1.22. The molecule has 3 nitrogen and oxygen atoms in total. The van der Waals surface area contributed by atoms with E-state index in [-0.39, 0.29) is 5.69 Å². The molecule has 2 N–H and O–H groups in total. The first-order valence-electron chi connectivity index (χ1n) is 2.76. The van der Waals surface area contributed by atoms with E-state index in [1.54, 1.807) is 0 Å². The Morgan fingerprint density at radius 1 is 1.55 bits per heavy atom. The van der Waals surface area contributed by atoms with Crippen LogP contribution >= 0.6 is 0 Å². The maximum Gasteiger partial charge on any atom is 0.419 e. The summed E-state index contributed by atoms with van der Waals surface area (Å²) < 4.78 is 35.7. The van der Waals surface area contributed by atoms with Gasteiger partial charge in [-0.1, -0.05) is 0 Å². The molecule has 0 aliphatic carbocycles. The van der Waals surface area contributed by atoms with E-state index in [4.69, 9.17) is 5.11 Å². The molecular weight excluding hydrogens is 161 g/mol. The van der Waals surface area contributed by atoms with Crippen LogP contribution in [0.25, 0.3) is 0 Å². The van der Waals surface area contributed by atoms with Gasteiger partial charge < -0.3 is 5.11 Å². The number of aromatic amines is 1. The smallest absolute Gasteiger partial charge is 0.390 e. The molecule has 0 saturated heterocycles. The van der Waals surface area contributed by atoms with E-state index in [1.165, 1.54) is 0 Å². The highest BCUT2D eigenvalue weighted by molar-refractivity contribution is 5.18. The van der Waals surface area contributed by atoms with Crippen molar-refractivity contribution in [3.63, 3.8) is 0 Å². The second-order valence-corrected chi connectivity index (χ2v) is 1.92. The number of nitrogens with one attached hydrogen (secondary N) is 1. The Morgan fingerprint density at radius 3 is 2.55 bits per heavy atom. The van der Waals surface area contributed by atoms with E-state index >= 15 is 0 Å². The van der Waals surface area contributed by atoms with Gasteiger partial charge in [-0.3, -0.25) is 5.10 Å². The molecule has 6 heteroatoms. The third-order valence-electron chi connectivity index (χ3n) is 1.18. The third-order valence-corrected chi connectivity index (χ3v) is 1.18. The quantitative estimate of drug-likeness (QED) is 0.651. The van der Waals surface area contributed by atoms with Gasteiger partial charge in [0.25, 0.3) is 0 Å². The van der Waals surface area contributed by atoms with Crippen molar-refractivity contribution in [1.29, 1.82) is 0 Å². The SMILES string of the molecule is OCc1[nH]ncc1C(F)(F)F. The molecule has 0 aromatic carbocycles. The van der Waals surface area contributed by atoms with Gasteiger partial charge in [0.2, 0.25) is 0 Å². The summed E-state index contributed by atoms with van der Waals surface area (Å²) in [5.74, 6) is 0. The number of nitrogens with zero attached hydrogens (tertiary/aromatic N) is 1. The fourth-order valence-electron chi connectivity index (χ4n) is 0.678. The van der Waals surface area contributed by atoms with E-state index in [2.05, 4.69) is 5.10 Å². The maximum absolute atomic E-state index is 11.9. The highest BCUT2D eigenvalue weighted by Crippen LogP contribution is 2.30. The number of hydrogen-bond donors (Lipinski definition) is 2. The number of H-pyrrole nitrogens is 1. The van der Waals surface area contributed by atoms with Crippen LogP contribution in [0.1, 0.15) is 11.3 Å². The van der Waals surface area contributed by atoms with Crippen LogP contribution in [0.2, 0.25) is 0 Å². The Hall–Kier alpha value is -1.04. The molecule has 1 aromatic heterocycles. The fraction of sp³-hybridized carbons (Fsp3) is 0.400. The van der Waals surface area contributed by atoms with Gasteiger partial charge in [-0.25, -0.2) is 0 Å². The highest BCUT2D eigenvalue weighted by Gasteiger charge is 2.34. The first kappa shape index (κ1) is 8.06. The number of aromatic nitrogens is 2. The van der Waals surface area contributed by atoms with Crippen LogP contribution in [0.3, 0.4) is 0 Å². The first-order chi connectivity index (χ1) is 5.05. The lowest BCUT2D eigenvalue weighted by Gasteiger charge is -2.03. The molecule has 1 heterocycles. The summed E-state index contributed by atoms with van der Waals surface area (Å²) in [4.78, 5) is 0. The zero-order valence-electron chi connectivity index (χ0n) is 5.31. The van der Waals surface area contributed by atoms with Crippen molar-refractivity contribution in [2.45, 2.75) is 12.8 Å². The van der Waals surface area contributed by atoms with Crippen LogP contribution in [0.5, 0.6) is 0 Å². The van der Waals surface area contributed by atoms with E-state index in [0.29, 0.717) is 6.20 Å². The van der Waals surface area contributed by atoms with Crippen LogP contribution in [0.15, 0.2) is 6.20 Å². The summed E-state index contributed by atoms with van der Waals surface area (Å²) in [7, 11) is 0. The molecule has 0 saturated carbocycles. The Balaban J connectivity index is 3.02. The van der Waals surface area contributed by atoms with Crippen molar-refractivity contribution in [3.8, 4) is 0 Å². The van der Waals surface area contributed by atoms with Gasteiger partial charge in [-0.05, 0) is 0 Å². The zero-order chi connectivity index (χ0) is 8.48. The summed E-state index contributed by atoms with van der Waals surface area (Å²) >= 11 is 0. The molecular formula is C5H5F3N2O. The normalized spacial score (nSPS) is 12.0. The van der Waals surface area contributed by atoms with E-state index < -0.39 is 18.3 Å². The largest absolute Gasteiger partial charge is 0.419 e. The molecule has 0 radical (unpaired) electrons. The molecule has 0 aliphatic heterocycles. The molecule has 0 aliphatic rings. The van der Waals surface area contributed by atoms with Crippen LogP contribution in [-0.2, 0) is 12.8 Å². The zero-order valence-corrected chi connectivity index (χ0v) is 5.31. The van der Waals surface area contributed by atoms with Gasteiger partial charge in [-0.2, -0.15) is 18.3 Å². The standard InChI is InChI=1S/C5H5F3N2O/c6-5(7,8)3-1-9-10-4(3)2-11/h1,11H,2H2,(H,9,10). The molecule has 1 aromatic rings. The van der Waals surface area contributed by atoms with Crippen LogP contribution < -0.4 is 0 Å². The molecule has 11 heavy (non-hydrogen) atoms. The van der Waals surface area contributed by atoms with Crippen LogP contribution in [-0.4, -0.2) is 15.3 Å². The molecule has 0 atom stereocenters. The van der Waals surface area contributed by atoms with E-state index in [9.17, 15) is 13.2 Å². The Labute approximate surface area is 59.8 Å². The first-order valence-corrected chi connectivity index (χ1v) is 2.76. The summed E-state index contributed by atoms with van der Waals surface area (Å²) in [6, 6.07) is 0. The molecule has 62 valence electrons. The molecule has 1 rings (SSSR count). The van der Waals surface area contributed by atoms with Gasteiger partial charge >= 0.3 is 6.18 Å². The maximum atomic E-state index is 11.9. The second-order valence-electron chi connectivity index (χ2n) is 1.92. The lowest BCUT2D eigenvalue weighted by Crippen LogP contribution is -2.06. The minimum Gasteiger partial charge on any atom is -0.390 e. The number of alkyl halides is 3. The number of hydrogen-bond acceptors (Lipinski definition) is 2. The van der Waals surface area contributed by atoms with E-state index in [0.717, 1.165) is 0 Å². The number of aliphatic hydroxyl groups excluding tert-OH is 1.